The molecule has 114 valence electrons. The molecule has 0 amide bonds. The van der Waals surface area contributed by atoms with Crippen molar-refractivity contribution in [3.63, 3.8) is 0 Å². The fourth-order valence-corrected chi connectivity index (χ4v) is 2.58. The maximum atomic E-state index is 4.16. The SMILES string of the molecule is CCc1ccccc1C/C=N/N=C/Cc1ccccc1CC. The zero-order valence-corrected chi connectivity index (χ0v) is 13.5. The van der Waals surface area contributed by atoms with Crippen LogP contribution in [0.3, 0.4) is 0 Å². The van der Waals surface area contributed by atoms with Gasteiger partial charge in [-0.2, -0.15) is 10.2 Å². The lowest BCUT2D eigenvalue weighted by Gasteiger charge is -2.03. The summed E-state index contributed by atoms with van der Waals surface area (Å²) >= 11 is 0. The number of hydrogen-bond acceptors (Lipinski definition) is 2. The molecule has 2 rings (SSSR count). The van der Waals surface area contributed by atoms with Gasteiger partial charge in [0.25, 0.3) is 0 Å². The number of benzene rings is 2. The van der Waals surface area contributed by atoms with Gasteiger partial charge in [0.15, 0.2) is 0 Å². The molecule has 0 spiro atoms. The standard InChI is InChI=1S/C20H24N2/c1-3-17-9-5-7-11-19(17)13-15-21-22-16-14-20-12-8-6-10-18(20)4-2/h5-12,15-16H,3-4,13-14H2,1-2H3/b21-15+,22-16+. The van der Waals surface area contributed by atoms with Gasteiger partial charge in [0.05, 0.1) is 0 Å². The molecule has 2 heteroatoms. The van der Waals surface area contributed by atoms with Crippen molar-refractivity contribution >= 4 is 12.4 Å². The van der Waals surface area contributed by atoms with Crippen molar-refractivity contribution in [3.8, 4) is 0 Å². The maximum absolute atomic E-state index is 4.16. The minimum atomic E-state index is 0.840. The first-order chi connectivity index (χ1) is 10.8. The molecule has 0 unspecified atom stereocenters. The van der Waals surface area contributed by atoms with Crippen molar-refractivity contribution in [2.45, 2.75) is 39.5 Å². The summed E-state index contributed by atoms with van der Waals surface area (Å²) in [6, 6.07) is 17.0. The lowest BCUT2D eigenvalue weighted by molar-refractivity contribution is 1.08. The van der Waals surface area contributed by atoms with Crippen LogP contribution >= 0.6 is 0 Å². The van der Waals surface area contributed by atoms with E-state index in [0.717, 1.165) is 25.7 Å². The summed E-state index contributed by atoms with van der Waals surface area (Å²) in [7, 11) is 0. The van der Waals surface area contributed by atoms with Gasteiger partial charge in [-0.15, -0.1) is 0 Å². The summed E-state index contributed by atoms with van der Waals surface area (Å²) in [5, 5.41) is 8.31. The molecule has 0 aliphatic carbocycles. The van der Waals surface area contributed by atoms with E-state index in [0.29, 0.717) is 0 Å². The summed E-state index contributed by atoms with van der Waals surface area (Å²) in [4.78, 5) is 0. The van der Waals surface area contributed by atoms with Crippen molar-refractivity contribution in [2.24, 2.45) is 10.2 Å². The molecule has 0 saturated heterocycles. The number of aryl methyl sites for hydroxylation is 2. The fraction of sp³-hybridized carbons (Fsp3) is 0.300. The van der Waals surface area contributed by atoms with Crippen molar-refractivity contribution in [2.75, 3.05) is 0 Å². The van der Waals surface area contributed by atoms with E-state index in [1.807, 2.05) is 12.4 Å². The topological polar surface area (TPSA) is 24.7 Å². The van der Waals surface area contributed by atoms with Gasteiger partial charge in [0.2, 0.25) is 0 Å². The van der Waals surface area contributed by atoms with Crippen LogP contribution < -0.4 is 0 Å². The molecule has 0 aliphatic heterocycles. The van der Waals surface area contributed by atoms with Crippen molar-refractivity contribution in [3.05, 3.63) is 70.8 Å². The highest BCUT2D eigenvalue weighted by atomic mass is 15.2. The van der Waals surface area contributed by atoms with Gasteiger partial charge in [0.1, 0.15) is 0 Å². The van der Waals surface area contributed by atoms with Crippen LogP contribution in [0.2, 0.25) is 0 Å². The molecule has 0 heterocycles. The van der Waals surface area contributed by atoms with E-state index in [2.05, 4.69) is 72.6 Å². The Morgan fingerprint density at radius 3 is 1.36 bits per heavy atom. The molecule has 0 aliphatic rings. The summed E-state index contributed by atoms with van der Waals surface area (Å²) in [6.45, 7) is 4.36. The van der Waals surface area contributed by atoms with E-state index < -0.39 is 0 Å². The zero-order chi connectivity index (χ0) is 15.6. The van der Waals surface area contributed by atoms with Gasteiger partial charge >= 0.3 is 0 Å². The average Bonchev–Trinajstić information content (AvgIpc) is 2.58. The first-order valence-electron chi connectivity index (χ1n) is 8.02. The van der Waals surface area contributed by atoms with Gasteiger partial charge in [-0.1, -0.05) is 62.4 Å². The Balaban J connectivity index is 1.87. The molecular formula is C20H24N2. The lowest BCUT2D eigenvalue weighted by Crippen LogP contribution is -1.94. The molecule has 0 saturated carbocycles. The van der Waals surface area contributed by atoms with Crippen molar-refractivity contribution < 1.29 is 0 Å². The predicted molar refractivity (Wildman–Crippen MR) is 96.0 cm³/mol. The smallest absolute Gasteiger partial charge is 0.0314 e. The van der Waals surface area contributed by atoms with Gasteiger partial charge in [-0.3, -0.25) is 0 Å². The van der Waals surface area contributed by atoms with E-state index >= 15 is 0 Å². The van der Waals surface area contributed by atoms with E-state index in [1.165, 1.54) is 22.3 Å². The summed E-state index contributed by atoms with van der Waals surface area (Å²) in [6.07, 6.45) is 7.56. The molecule has 2 aromatic carbocycles. The van der Waals surface area contributed by atoms with Crippen LogP contribution in [0.5, 0.6) is 0 Å². The van der Waals surface area contributed by atoms with Gasteiger partial charge in [-0.05, 0) is 35.1 Å². The summed E-state index contributed by atoms with van der Waals surface area (Å²) in [5.74, 6) is 0. The van der Waals surface area contributed by atoms with Crippen LogP contribution in [0.1, 0.15) is 36.1 Å². The van der Waals surface area contributed by atoms with Crippen molar-refractivity contribution in [1.29, 1.82) is 0 Å². The lowest BCUT2D eigenvalue weighted by atomic mass is 10.0. The zero-order valence-electron chi connectivity index (χ0n) is 13.5. The highest BCUT2D eigenvalue weighted by Crippen LogP contribution is 2.10. The van der Waals surface area contributed by atoms with E-state index in [1.54, 1.807) is 0 Å². The normalized spacial score (nSPS) is 11.5. The van der Waals surface area contributed by atoms with E-state index in [-0.39, 0.29) is 0 Å². The molecule has 0 fully saturated rings. The highest BCUT2D eigenvalue weighted by Gasteiger charge is 1.97. The first-order valence-corrected chi connectivity index (χ1v) is 8.02. The minimum Gasteiger partial charge on any atom is -0.164 e. The minimum absolute atomic E-state index is 0.840. The molecule has 0 radical (unpaired) electrons. The molecule has 0 aromatic heterocycles. The number of rotatable bonds is 7. The van der Waals surface area contributed by atoms with Crippen LogP contribution in [0, 0.1) is 0 Å². The first kappa shape index (κ1) is 16.2. The molecule has 0 N–H and O–H groups in total. The monoisotopic (exact) mass is 292 g/mol. The third-order valence-electron chi connectivity index (χ3n) is 3.85. The summed E-state index contributed by atoms with van der Waals surface area (Å²) in [5.41, 5.74) is 5.44. The molecule has 0 bridgehead atoms. The van der Waals surface area contributed by atoms with Gasteiger partial charge in [0, 0.05) is 25.3 Å². The second-order valence-corrected chi connectivity index (χ2v) is 5.25. The highest BCUT2D eigenvalue weighted by molar-refractivity contribution is 5.66. The Kier molecular flexibility index (Phi) is 6.56. The van der Waals surface area contributed by atoms with E-state index in [9.17, 15) is 0 Å². The molecule has 22 heavy (non-hydrogen) atoms. The van der Waals surface area contributed by atoms with Crippen molar-refractivity contribution in [1.82, 2.24) is 0 Å². The maximum Gasteiger partial charge on any atom is 0.0314 e. The van der Waals surface area contributed by atoms with E-state index in [4.69, 9.17) is 0 Å². The number of nitrogens with zero attached hydrogens (tertiary/aromatic N) is 2. The second kappa shape index (κ2) is 8.93. The van der Waals surface area contributed by atoms with Gasteiger partial charge < -0.3 is 0 Å². The third kappa shape index (κ3) is 4.66. The third-order valence-corrected chi connectivity index (χ3v) is 3.85. The molecule has 2 nitrogen and oxygen atoms in total. The van der Waals surface area contributed by atoms with Gasteiger partial charge in [-0.25, -0.2) is 0 Å². The quantitative estimate of drug-likeness (QED) is 0.524. The summed E-state index contributed by atoms with van der Waals surface area (Å²) < 4.78 is 0. The Morgan fingerprint density at radius 2 is 1.00 bits per heavy atom. The molecular weight excluding hydrogens is 268 g/mol. The fourth-order valence-electron chi connectivity index (χ4n) is 2.58. The average molecular weight is 292 g/mol. The second-order valence-electron chi connectivity index (χ2n) is 5.25. The van der Waals surface area contributed by atoms with Crippen LogP contribution in [0.15, 0.2) is 58.7 Å². The Bertz CT molecular complexity index is 584. The van der Waals surface area contributed by atoms with Crippen LogP contribution in [-0.4, -0.2) is 12.4 Å². The Labute approximate surface area is 133 Å². The predicted octanol–water partition coefficient (Wildman–Crippen LogP) is 4.65. The van der Waals surface area contributed by atoms with Crippen LogP contribution in [0.4, 0.5) is 0 Å². The Morgan fingerprint density at radius 1 is 0.636 bits per heavy atom. The molecule has 2 aromatic rings. The van der Waals surface area contributed by atoms with Crippen LogP contribution in [-0.2, 0) is 25.7 Å². The Hall–Kier alpha value is -2.22. The molecule has 0 atom stereocenters. The van der Waals surface area contributed by atoms with Crippen LogP contribution in [0.25, 0.3) is 0 Å². The number of hydrogen-bond donors (Lipinski definition) is 0. The largest absolute Gasteiger partial charge is 0.164 e.